The lowest BCUT2D eigenvalue weighted by Crippen LogP contribution is -2.53. The molecule has 0 saturated heterocycles. The Morgan fingerprint density at radius 1 is 0.681 bits per heavy atom. The molecule has 2 aromatic carbocycles. The molecule has 0 N–H and O–H groups in total. The number of benzene rings is 2. The Morgan fingerprint density at radius 3 is 1.53 bits per heavy atom. The highest BCUT2D eigenvalue weighted by molar-refractivity contribution is 7.14. The molecule has 2 atom stereocenters. The van der Waals surface area contributed by atoms with Crippen LogP contribution in [0.15, 0.2) is 84.1 Å². The predicted molar refractivity (Wildman–Crippen MR) is 192 cm³/mol. The van der Waals surface area contributed by atoms with Gasteiger partial charge in [-0.25, -0.2) is 9.59 Å². The SMILES string of the molecule is CCCCCCCCN(C[C@H](Cc1ccccc1)N(C(=O)OC)c1cncs1)C[C@H](Cc1ccccc1)N(C(=O)OC)c1cncs1. The number of ether oxygens (including phenoxy) is 2. The van der Waals surface area contributed by atoms with Crippen molar-refractivity contribution >= 4 is 44.9 Å². The predicted octanol–water partition coefficient (Wildman–Crippen LogP) is 8.33. The molecule has 0 radical (unpaired) electrons. The van der Waals surface area contributed by atoms with Gasteiger partial charge in [0.25, 0.3) is 0 Å². The zero-order valence-electron chi connectivity index (χ0n) is 27.7. The van der Waals surface area contributed by atoms with Crippen molar-refractivity contribution in [1.82, 2.24) is 14.9 Å². The third kappa shape index (κ3) is 11.2. The van der Waals surface area contributed by atoms with E-state index in [2.05, 4.69) is 46.1 Å². The third-order valence-electron chi connectivity index (χ3n) is 8.18. The molecule has 47 heavy (non-hydrogen) atoms. The topological polar surface area (TPSA) is 88.1 Å². The first kappa shape index (κ1) is 36.0. The number of aromatic nitrogens is 2. The highest BCUT2D eigenvalue weighted by Gasteiger charge is 2.33. The molecule has 9 nitrogen and oxygen atoms in total. The minimum atomic E-state index is -0.420. The van der Waals surface area contributed by atoms with E-state index < -0.39 is 12.2 Å². The lowest BCUT2D eigenvalue weighted by Gasteiger charge is -2.38. The summed E-state index contributed by atoms with van der Waals surface area (Å²) in [5.74, 6) is 0. The first-order valence-electron chi connectivity index (χ1n) is 16.4. The summed E-state index contributed by atoms with van der Waals surface area (Å²) >= 11 is 2.83. The van der Waals surface area contributed by atoms with E-state index in [4.69, 9.17) is 9.47 Å². The summed E-state index contributed by atoms with van der Waals surface area (Å²) in [5, 5.41) is 1.47. The Balaban J connectivity index is 1.70. The summed E-state index contributed by atoms with van der Waals surface area (Å²) in [4.78, 5) is 41.3. The average Bonchev–Trinajstić information content (AvgIpc) is 3.83. The Labute approximate surface area is 287 Å². The number of methoxy groups -OCH3 is 2. The van der Waals surface area contributed by atoms with Gasteiger partial charge in [0, 0.05) is 13.1 Å². The van der Waals surface area contributed by atoms with Crippen LogP contribution in [0.2, 0.25) is 0 Å². The molecule has 4 rings (SSSR count). The summed E-state index contributed by atoms with van der Waals surface area (Å²) in [6.07, 6.45) is 10.8. The molecule has 2 amide bonds. The van der Waals surface area contributed by atoms with Gasteiger partial charge in [-0.3, -0.25) is 24.7 Å². The molecule has 0 aliphatic heterocycles. The fourth-order valence-electron chi connectivity index (χ4n) is 5.91. The van der Waals surface area contributed by atoms with E-state index in [1.807, 2.05) is 36.4 Å². The molecule has 0 unspecified atom stereocenters. The summed E-state index contributed by atoms with van der Waals surface area (Å²) in [6.45, 7) is 4.19. The zero-order valence-corrected chi connectivity index (χ0v) is 29.3. The summed E-state index contributed by atoms with van der Waals surface area (Å²) in [6, 6.07) is 20.0. The van der Waals surface area contributed by atoms with Gasteiger partial charge in [0.05, 0.1) is 49.7 Å². The van der Waals surface area contributed by atoms with Crippen LogP contribution >= 0.6 is 22.7 Å². The number of hydrogen-bond donors (Lipinski definition) is 0. The van der Waals surface area contributed by atoms with Crippen molar-refractivity contribution in [1.29, 1.82) is 0 Å². The van der Waals surface area contributed by atoms with Gasteiger partial charge in [0.15, 0.2) is 0 Å². The van der Waals surface area contributed by atoms with Crippen molar-refractivity contribution in [3.8, 4) is 0 Å². The van der Waals surface area contributed by atoms with Crippen LogP contribution in [0.1, 0.15) is 56.6 Å². The molecule has 252 valence electrons. The number of unbranched alkanes of at least 4 members (excludes halogenated alkanes) is 5. The van der Waals surface area contributed by atoms with Gasteiger partial charge >= 0.3 is 12.2 Å². The van der Waals surface area contributed by atoms with Crippen LogP contribution < -0.4 is 9.80 Å². The lowest BCUT2D eigenvalue weighted by molar-refractivity contribution is 0.165. The van der Waals surface area contributed by atoms with Crippen molar-refractivity contribution in [2.45, 2.75) is 70.4 Å². The monoisotopic (exact) mass is 677 g/mol. The Hall–Kier alpha value is -3.80. The van der Waals surface area contributed by atoms with Gasteiger partial charge in [-0.15, -0.1) is 22.7 Å². The number of anilines is 2. The zero-order chi connectivity index (χ0) is 33.3. The second-order valence-electron chi connectivity index (χ2n) is 11.6. The largest absolute Gasteiger partial charge is 0.452 e. The quantitative estimate of drug-likeness (QED) is 0.0923. The molecule has 0 aliphatic carbocycles. The number of rotatable bonds is 19. The summed E-state index contributed by atoms with van der Waals surface area (Å²) in [5.41, 5.74) is 5.71. The van der Waals surface area contributed by atoms with Gasteiger partial charge in [-0.2, -0.15) is 0 Å². The lowest BCUT2D eigenvalue weighted by atomic mass is 10.0. The standard InChI is InChI=1S/C36H47N5O4S2/c1-4-5-6-7-8-15-20-39(25-31(21-29-16-11-9-12-17-29)40(35(42)44-2)33-23-37-27-46-33)26-32(22-30-18-13-10-14-19-30)41(36(43)45-3)34-24-38-28-47-34/h9-14,16-19,23-24,27-28,31-32H,4-8,15,20-22,25-26H2,1-3H3/t31-,32-/m0/s1. The first-order chi connectivity index (χ1) is 23.0. The van der Waals surface area contributed by atoms with Crippen molar-refractivity contribution < 1.29 is 19.1 Å². The van der Waals surface area contributed by atoms with E-state index in [1.165, 1.54) is 62.6 Å². The molecule has 4 aromatic rings. The summed E-state index contributed by atoms with van der Waals surface area (Å²) < 4.78 is 10.7. The fraction of sp³-hybridized carbons (Fsp3) is 0.444. The molecule has 0 spiro atoms. The van der Waals surface area contributed by atoms with E-state index in [-0.39, 0.29) is 12.1 Å². The second-order valence-corrected chi connectivity index (χ2v) is 13.3. The van der Waals surface area contributed by atoms with Crippen molar-refractivity contribution in [2.24, 2.45) is 0 Å². The maximum Gasteiger partial charge on any atom is 0.415 e. The van der Waals surface area contributed by atoms with Gasteiger partial charge in [-0.05, 0) is 36.9 Å². The van der Waals surface area contributed by atoms with E-state index >= 15 is 0 Å². The molecular weight excluding hydrogens is 631 g/mol. The molecule has 0 bridgehead atoms. The van der Waals surface area contributed by atoms with Gasteiger partial charge in [0.1, 0.15) is 10.0 Å². The van der Waals surface area contributed by atoms with E-state index in [0.717, 1.165) is 40.5 Å². The number of hydrogen-bond acceptors (Lipinski definition) is 9. The normalized spacial score (nSPS) is 12.4. The molecule has 0 fully saturated rings. The number of nitrogens with zero attached hydrogens (tertiary/aromatic N) is 5. The Kier molecular flexibility index (Phi) is 15.2. The minimum absolute atomic E-state index is 0.252. The van der Waals surface area contributed by atoms with Crippen molar-refractivity contribution in [3.63, 3.8) is 0 Å². The van der Waals surface area contributed by atoms with Crippen LogP contribution in [0.3, 0.4) is 0 Å². The van der Waals surface area contributed by atoms with E-state index in [9.17, 15) is 9.59 Å². The number of carbonyl (C=O) groups is 2. The third-order valence-corrected chi connectivity index (χ3v) is 9.72. The molecule has 2 aromatic heterocycles. The van der Waals surface area contributed by atoms with Gasteiger partial charge < -0.3 is 9.47 Å². The van der Waals surface area contributed by atoms with Crippen LogP contribution in [0.25, 0.3) is 0 Å². The maximum absolute atomic E-state index is 13.4. The highest BCUT2D eigenvalue weighted by atomic mass is 32.1. The Morgan fingerprint density at radius 2 is 1.13 bits per heavy atom. The van der Waals surface area contributed by atoms with Crippen LogP contribution in [-0.4, -0.2) is 73.0 Å². The highest BCUT2D eigenvalue weighted by Crippen LogP contribution is 2.28. The first-order valence-corrected chi connectivity index (χ1v) is 18.1. The van der Waals surface area contributed by atoms with Gasteiger partial charge in [-0.1, -0.05) is 99.7 Å². The van der Waals surface area contributed by atoms with Crippen LogP contribution in [0.5, 0.6) is 0 Å². The average molecular weight is 678 g/mol. The van der Waals surface area contributed by atoms with Crippen LogP contribution in [0, 0.1) is 0 Å². The van der Waals surface area contributed by atoms with Crippen LogP contribution in [-0.2, 0) is 22.3 Å². The smallest absolute Gasteiger partial charge is 0.415 e. The molecule has 11 heteroatoms. The number of amides is 2. The molecule has 0 aliphatic rings. The minimum Gasteiger partial charge on any atom is -0.452 e. The van der Waals surface area contributed by atoms with Crippen molar-refractivity contribution in [3.05, 3.63) is 95.2 Å². The Bertz CT molecular complexity index is 1320. The van der Waals surface area contributed by atoms with Crippen LogP contribution in [0.4, 0.5) is 19.6 Å². The number of carbonyl (C=O) groups excluding carboxylic acids is 2. The van der Waals surface area contributed by atoms with E-state index in [1.54, 1.807) is 33.2 Å². The molecule has 0 saturated carbocycles. The maximum atomic E-state index is 13.4. The van der Waals surface area contributed by atoms with Gasteiger partial charge in [0.2, 0.25) is 0 Å². The fourth-order valence-corrected chi connectivity index (χ4v) is 7.28. The molecular formula is C36H47N5O4S2. The summed E-state index contributed by atoms with van der Waals surface area (Å²) in [7, 11) is 2.84. The van der Waals surface area contributed by atoms with Crippen molar-refractivity contribution in [2.75, 3.05) is 43.7 Å². The number of thiazole rings is 2. The molecule has 2 heterocycles. The van der Waals surface area contributed by atoms with E-state index in [0.29, 0.717) is 25.9 Å². The second kappa shape index (κ2) is 19.8.